The van der Waals surface area contributed by atoms with E-state index in [-0.39, 0.29) is 0 Å². The Hall–Kier alpha value is -1.20. The predicted octanol–water partition coefficient (Wildman–Crippen LogP) is 3.45. The van der Waals surface area contributed by atoms with Crippen molar-refractivity contribution >= 4 is 17.7 Å². The molecule has 0 saturated carbocycles. The Morgan fingerprint density at radius 2 is 1.92 bits per heavy atom. The maximum absolute atomic E-state index is 4.32. The lowest BCUT2D eigenvalue weighted by molar-refractivity contribution is 0.292. The zero-order valence-corrected chi connectivity index (χ0v) is 16.5. The van der Waals surface area contributed by atoms with Crippen molar-refractivity contribution in [2.45, 2.75) is 44.6 Å². The highest BCUT2D eigenvalue weighted by molar-refractivity contribution is 7.99. The van der Waals surface area contributed by atoms with Gasteiger partial charge in [0.2, 0.25) is 0 Å². The van der Waals surface area contributed by atoms with Gasteiger partial charge >= 0.3 is 0 Å². The molecule has 0 aliphatic heterocycles. The Labute approximate surface area is 152 Å². The normalized spacial score (nSPS) is 13.1. The van der Waals surface area contributed by atoms with Gasteiger partial charge in [-0.25, -0.2) is 0 Å². The number of rotatable bonds is 11. The van der Waals surface area contributed by atoms with Crippen LogP contribution in [-0.2, 0) is 0 Å². The molecule has 1 rings (SSSR count). The molecule has 24 heavy (non-hydrogen) atoms. The summed E-state index contributed by atoms with van der Waals surface area (Å²) < 4.78 is 0. The Morgan fingerprint density at radius 1 is 1.21 bits per heavy atom. The van der Waals surface area contributed by atoms with Gasteiger partial charge in [-0.2, -0.15) is 0 Å². The van der Waals surface area contributed by atoms with Crippen LogP contribution in [0.5, 0.6) is 0 Å². The van der Waals surface area contributed by atoms with E-state index < -0.39 is 0 Å². The Kier molecular flexibility index (Phi) is 11.4. The van der Waals surface area contributed by atoms with Gasteiger partial charge in [-0.3, -0.25) is 4.99 Å². The van der Waals surface area contributed by atoms with Crippen molar-refractivity contribution < 1.29 is 0 Å². The fourth-order valence-electron chi connectivity index (χ4n) is 2.52. The molecule has 0 aliphatic carbocycles. The molecule has 0 fully saturated rings. The number of nitrogens with zero attached hydrogens (tertiary/aromatic N) is 2. The van der Waals surface area contributed by atoms with E-state index in [0.29, 0.717) is 6.04 Å². The highest BCUT2D eigenvalue weighted by Gasteiger charge is 2.06. The van der Waals surface area contributed by atoms with Crippen molar-refractivity contribution in [1.29, 1.82) is 0 Å². The molecule has 0 heterocycles. The minimum atomic E-state index is 0.438. The van der Waals surface area contributed by atoms with E-state index in [4.69, 9.17) is 0 Å². The van der Waals surface area contributed by atoms with E-state index in [9.17, 15) is 0 Å². The first-order chi connectivity index (χ1) is 11.7. The van der Waals surface area contributed by atoms with Crippen LogP contribution in [0.1, 0.15) is 33.6 Å². The van der Waals surface area contributed by atoms with Crippen LogP contribution in [0.15, 0.2) is 40.2 Å². The number of aliphatic imine (C=N–C) groups is 1. The van der Waals surface area contributed by atoms with Crippen molar-refractivity contribution in [1.82, 2.24) is 15.5 Å². The average molecular weight is 351 g/mol. The molecule has 0 aromatic heterocycles. The van der Waals surface area contributed by atoms with Crippen LogP contribution in [0, 0.1) is 0 Å². The molecule has 136 valence electrons. The van der Waals surface area contributed by atoms with Gasteiger partial charge in [0, 0.05) is 30.3 Å². The van der Waals surface area contributed by atoms with Gasteiger partial charge in [0.05, 0.1) is 0 Å². The molecular formula is C19H34N4S. The second-order valence-electron chi connectivity index (χ2n) is 5.88. The molecule has 1 aromatic rings. The smallest absolute Gasteiger partial charge is 0.191 e. The Balaban J connectivity index is 2.17. The third-order valence-corrected chi connectivity index (χ3v) is 5.03. The van der Waals surface area contributed by atoms with Crippen molar-refractivity contribution in [3.63, 3.8) is 0 Å². The van der Waals surface area contributed by atoms with Crippen LogP contribution in [0.3, 0.4) is 0 Å². The van der Waals surface area contributed by atoms with Gasteiger partial charge in [0.15, 0.2) is 5.96 Å². The van der Waals surface area contributed by atoms with Crippen molar-refractivity contribution in [2.24, 2.45) is 4.99 Å². The molecule has 0 spiro atoms. The number of thioether (sulfide) groups is 1. The number of hydrogen-bond donors (Lipinski definition) is 2. The molecule has 5 heteroatoms. The quantitative estimate of drug-likeness (QED) is 0.277. The second kappa shape index (κ2) is 13.1. The standard InChI is InChI=1S/C19H34N4S/c1-5-23(6-2)15-10-11-17(3)22-19(20-4)21-14-16-24-18-12-8-7-9-13-18/h7-9,12-13,17H,5-6,10-11,14-16H2,1-4H3,(H2,20,21,22). The molecule has 4 nitrogen and oxygen atoms in total. The summed E-state index contributed by atoms with van der Waals surface area (Å²) in [5.41, 5.74) is 0. The first kappa shape index (κ1) is 20.8. The van der Waals surface area contributed by atoms with Crippen molar-refractivity contribution in [2.75, 3.05) is 39.0 Å². The molecule has 0 bridgehead atoms. The predicted molar refractivity (Wildman–Crippen MR) is 108 cm³/mol. The van der Waals surface area contributed by atoms with E-state index in [2.05, 4.69) is 71.6 Å². The highest BCUT2D eigenvalue weighted by atomic mass is 32.2. The van der Waals surface area contributed by atoms with E-state index in [1.807, 2.05) is 18.8 Å². The minimum Gasteiger partial charge on any atom is -0.356 e. The maximum atomic E-state index is 4.32. The fraction of sp³-hybridized carbons (Fsp3) is 0.632. The van der Waals surface area contributed by atoms with Crippen molar-refractivity contribution in [3.05, 3.63) is 30.3 Å². The minimum absolute atomic E-state index is 0.438. The summed E-state index contributed by atoms with van der Waals surface area (Å²) in [6.45, 7) is 11.0. The van der Waals surface area contributed by atoms with E-state index in [1.165, 1.54) is 17.9 Å². The van der Waals surface area contributed by atoms with Crippen molar-refractivity contribution in [3.8, 4) is 0 Å². The monoisotopic (exact) mass is 350 g/mol. The summed E-state index contributed by atoms with van der Waals surface area (Å²) in [7, 11) is 1.84. The Bertz CT molecular complexity index is 446. The molecule has 0 radical (unpaired) electrons. The summed E-state index contributed by atoms with van der Waals surface area (Å²) in [5, 5.41) is 6.89. The lowest BCUT2D eigenvalue weighted by Crippen LogP contribution is -2.43. The fourth-order valence-corrected chi connectivity index (χ4v) is 3.31. The molecular weight excluding hydrogens is 316 g/mol. The van der Waals surface area contributed by atoms with E-state index in [1.54, 1.807) is 0 Å². The summed E-state index contributed by atoms with van der Waals surface area (Å²) in [6.07, 6.45) is 2.38. The van der Waals surface area contributed by atoms with Crippen LogP contribution in [0.4, 0.5) is 0 Å². The first-order valence-corrected chi connectivity index (χ1v) is 10.1. The average Bonchev–Trinajstić information content (AvgIpc) is 2.62. The number of hydrogen-bond acceptors (Lipinski definition) is 3. The largest absolute Gasteiger partial charge is 0.356 e. The zero-order valence-electron chi connectivity index (χ0n) is 15.7. The molecule has 2 N–H and O–H groups in total. The number of nitrogens with one attached hydrogen (secondary N) is 2. The maximum Gasteiger partial charge on any atom is 0.191 e. The van der Waals surface area contributed by atoms with Gasteiger partial charge in [0.1, 0.15) is 0 Å². The summed E-state index contributed by atoms with van der Waals surface area (Å²) >= 11 is 1.86. The third kappa shape index (κ3) is 9.18. The van der Waals surface area contributed by atoms with Crippen LogP contribution < -0.4 is 10.6 Å². The van der Waals surface area contributed by atoms with E-state index in [0.717, 1.165) is 37.8 Å². The summed E-state index contributed by atoms with van der Waals surface area (Å²) in [5.74, 6) is 1.93. The summed E-state index contributed by atoms with van der Waals surface area (Å²) in [4.78, 5) is 8.11. The molecule has 1 unspecified atom stereocenters. The van der Waals surface area contributed by atoms with Gasteiger partial charge in [-0.05, 0) is 51.5 Å². The Morgan fingerprint density at radius 3 is 2.54 bits per heavy atom. The summed E-state index contributed by atoms with van der Waals surface area (Å²) in [6, 6.07) is 10.9. The van der Waals surface area contributed by atoms with Crippen LogP contribution in [0.2, 0.25) is 0 Å². The number of guanidine groups is 1. The lowest BCUT2D eigenvalue weighted by atomic mass is 10.2. The van der Waals surface area contributed by atoms with Gasteiger partial charge in [0.25, 0.3) is 0 Å². The zero-order chi connectivity index (χ0) is 17.6. The second-order valence-corrected chi connectivity index (χ2v) is 7.04. The molecule has 0 aliphatic rings. The molecule has 0 amide bonds. The lowest BCUT2D eigenvalue weighted by Gasteiger charge is -2.21. The van der Waals surface area contributed by atoms with Gasteiger partial charge < -0.3 is 15.5 Å². The highest BCUT2D eigenvalue weighted by Crippen LogP contribution is 2.15. The van der Waals surface area contributed by atoms with Crippen LogP contribution in [-0.4, -0.2) is 55.9 Å². The topological polar surface area (TPSA) is 39.7 Å². The molecule has 0 saturated heterocycles. The molecule has 1 atom stereocenters. The first-order valence-electron chi connectivity index (χ1n) is 9.07. The van der Waals surface area contributed by atoms with Gasteiger partial charge in [-0.15, -0.1) is 11.8 Å². The van der Waals surface area contributed by atoms with Gasteiger partial charge in [-0.1, -0.05) is 32.0 Å². The number of benzene rings is 1. The van der Waals surface area contributed by atoms with E-state index >= 15 is 0 Å². The third-order valence-electron chi connectivity index (χ3n) is 4.02. The molecule has 1 aromatic carbocycles. The van der Waals surface area contributed by atoms with Crippen LogP contribution in [0.25, 0.3) is 0 Å². The SMILES string of the molecule is CCN(CC)CCCC(C)NC(=NC)NCCSc1ccccc1. The van der Waals surface area contributed by atoms with Crippen LogP contribution >= 0.6 is 11.8 Å².